The van der Waals surface area contributed by atoms with Crippen molar-refractivity contribution in [1.82, 2.24) is 0 Å². The summed E-state index contributed by atoms with van der Waals surface area (Å²) < 4.78 is 0. The van der Waals surface area contributed by atoms with Crippen LogP contribution in [-0.2, 0) is 11.2 Å². The van der Waals surface area contributed by atoms with Crippen LogP contribution in [0.2, 0.25) is 0 Å². The number of carbonyl (C=O) groups is 1. The normalized spacial score (nSPS) is 10.7. The minimum atomic E-state index is 0.171. The molecule has 74 valence electrons. The highest BCUT2D eigenvalue weighted by atomic mass is 16.1. The van der Waals surface area contributed by atoms with Crippen molar-refractivity contribution in [3.63, 3.8) is 0 Å². The first-order valence-electron chi connectivity index (χ1n) is 5.06. The quantitative estimate of drug-likeness (QED) is 0.663. The van der Waals surface area contributed by atoms with E-state index < -0.39 is 0 Å². The zero-order valence-electron chi connectivity index (χ0n) is 8.79. The molecule has 1 heteroatoms. The fraction of sp³-hybridized carbons (Fsp3) is 0.308. The number of benzene rings is 1. The Bertz CT molecular complexity index is 320. The maximum atomic E-state index is 11.0. The third-order valence-electron chi connectivity index (χ3n) is 2.20. The van der Waals surface area contributed by atoms with Crippen molar-refractivity contribution in [3.8, 4) is 0 Å². The lowest BCUT2D eigenvalue weighted by molar-refractivity contribution is -0.114. The van der Waals surface area contributed by atoms with Crippen LogP contribution in [0.3, 0.4) is 0 Å². The van der Waals surface area contributed by atoms with Crippen LogP contribution < -0.4 is 0 Å². The number of allylic oxidation sites excluding steroid dienone is 1. The van der Waals surface area contributed by atoms with E-state index >= 15 is 0 Å². The van der Waals surface area contributed by atoms with Crippen LogP contribution in [-0.4, -0.2) is 5.78 Å². The molecule has 0 heterocycles. The van der Waals surface area contributed by atoms with Gasteiger partial charge in [0.25, 0.3) is 0 Å². The molecule has 0 amide bonds. The van der Waals surface area contributed by atoms with Gasteiger partial charge in [0.1, 0.15) is 0 Å². The Morgan fingerprint density at radius 1 is 1.21 bits per heavy atom. The fourth-order valence-electron chi connectivity index (χ4n) is 1.17. The molecule has 1 aromatic carbocycles. The zero-order chi connectivity index (χ0) is 10.4. The molecule has 0 N–H and O–H groups in total. The van der Waals surface area contributed by atoms with Crippen molar-refractivity contribution < 1.29 is 4.79 Å². The summed E-state index contributed by atoms with van der Waals surface area (Å²) in [7, 11) is 0. The molecule has 0 unspecified atom stereocenters. The van der Waals surface area contributed by atoms with Crippen molar-refractivity contribution in [3.05, 3.63) is 41.5 Å². The van der Waals surface area contributed by atoms with E-state index in [2.05, 4.69) is 19.1 Å². The Morgan fingerprint density at radius 3 is 2.36 bits per heavy atom. The Hall–Kier alpha value is -1.37. The number of hydrogen-bond donors (Lipinski definition) is 0. The van der Waals surface area contributed by atoms with E-state index in [0.717, 1.165) is 12.0 Å². The van der Waals surface area contributed by atoms with E-state index in [1.807, 2.05) is 25.1 Å². The van der Waals surface area contributed by atoms with Gasteiger partial charge >= 0.3 is 0 Å². The van der Waals surface area contributed by atoms with Gasteiger partial charge in [0, 0.05) is 6.42 Å². The summed E-state index contributed by atoms with van der Waals surface area (Å²) in [5.74, 6) is 0.171. The van der Waals surface area contributed by atoms with Crippen molar-refractivity contribution in [2.24, 2.45) is 0 Å². The summed E-state index contributed by atoms with van der Waals surface area (Å²) in [5, 5.41) is 0. The van der Waals surface area contributed by atoms with Crippen LogP contribution in [0.15, 0.2) is 30.3 Å². The molecule has 0 bridgehead atoms. The third kappa shape index (κ3) is 3.17. The predicted molar refractivity (Wildman–Crippen MR) is 60.2 cm³/mol. The number of hydrogen-bond acceptors (Lipinski definition) is 1. The highest BCUT2D eigenvalue weighted by Crippen LogP contribution is 2.06. The van der Waals surface area contributed by atoms with Gasteiger partial charge in [-0.2, -0.15) is 0 Å². The van der Waals surface area contributed by atoms with Crippen LogP contribution in [0, 0.1) is 0 Å². The van der Waals surface area contributed by atoms with Crippen LogP contribution in [0.5, 0.6) is 0 Å². The fourth-order valence-corrected chi connectivity index (χ4v) is 1.17. The van der Waals surface area contributed by atoms with Gasteiger partial charge in [-0.1, -0.05) is 44.2 Å². The first-order valence-corrected chi connectivity index (χ1v) is 5.06. The molecule has 0 saturated carbocycles. The minimum absolute atomic E-state index is 0.171. The molecule has 0 aliphatic carbocycles. The summed E-state index contributed by atoms with van der Waals surface area (Å²) in [5.41, 5.74) is 2.41. The molecule has 1 rings (SSSR count). The van der Waals surface area contributed by atoms with Gasteiger partial charge < -0.3 is 0 Å². The molecule has 1 aromatic rings. The first-order chi connectivity index (χ1) is 6.76. The van der Waals surface area contributed by atoms with Crippen LogP contribution in [0.1, 0.15) is 31.4 Å². The van der Waals surface area contributed by atoms with E-state index in [0.29, 0.717) is 6.42 Å². The molecule has 0 aliphatic heterocycles. The lowest BCUT2D eigenvalue weighted by Crippen LogP contribution is -1.86. The summed E-state index contributed by atoms with van der Waals surface area (Å²) >= 11 is 0. The van der Waals surface area contributed by atoms with E-state index in [-0.39, 0.29) is 5.78 Å². The SMILES string of the molecule is CCC(=O)C=Cc1ccc(CC)cc1. The second-order valence-electron chi connectivity index (χ2n) is 3.25. The summed E-state index contributed by atoms with van der Waals surface area (Å²) in [6.45, 7) is 4.00. The largest absolute Gasteiger partial charge is 0.295 e. The van der Waals surface area contributed by atoms with E-state index in [4.69, 9.17) is 0 Å². The number of carbonyl (C=O) groups excluding carboxylic acids is 1. The maximum Gasteiger partial charge on any atom is 0.155 e. The predicted octanol–water partition coefficient (Wildman–Crippen LogP) is 3.24. The minimum Gasteiger partial charge on any atom is -0.295 e. The molecule has 0 atom stereocenters. The molecule has 0 radical (unpaired) electrons. The van der Waals surface area contributed by atoms with Crippen molar-refractivity contribution >= 4 is 11.9 Å². The Kier molecular flexibility index (Phi) is 4.11. The van der Waals surface area contributed by atoms with Crippen LogP contribution in [0.25, 0.3) is 6.08 Å². The summed E-state index contributed by atoms with van der Waals surface area (Å²) in [4.78, 5) is 11.0. The molecule has 0 spiro atoms. The number of aryl methyl sites for hydroxylation is 1. The van der Waals surface area contributed by atoms with Gasteiger partial charge in [0.05, 0.1) is 0 Å². The third-order valence-corrected chi connectivity index (χ3v) is 2.20. The maximum absolute atomic E-state index is 11.0. The average Bonchev–Trinajstić information content (AvgIpc) is 2.26. The lowest BCUT2D eigenvalue weighted by Gasteiger charge is -1.96. The molecular formula is C13H16O. The Labute approximate surface area is 85.5 Å². The van der Waals surface area contributed by atoms with Gasteiger partial charge in [0.2, 0.25) is 0 Å². The van der Waals surface area contributed by atoms with Gasteiger partial charge in [-0.25, -0.2) is 0 Å². The van der Waals surface area contributed by atoms with E-state index in [1.165, 1.54) is 5.56 Å². The van der Waals surface area contributed by atoms with E-state index in [1.54, 1.807) is 6.08 Å². The smallest absolute Gasteiger partial charge is 0.155 e. The standard InChI is InChI=1S/C13H16O/c1-3-11-5-7-12(8-6-11)9-10-13(14)4-2/h5-10H,3-4H2,1-2H3. The van der Waals surface area contributed by atoms with Crippen molar-refractivity contribution in [2.45, 2.75) is 26.7 Å². The van der Waals surface area contributed by atoms with Gasteiger partial charge in [-0.05, 0) is 23.6 Å². The number of ketones is 1. The van der Waals surface area contributed by atoms with Gasteiger partial charge in [-0.3, -0.25) is 4.79 Å². The molecule has 0 fully saturated rings. The topological polar surface area (TPSA) is 17.1 Å². The Morgan fingerprint density at radius 2 is 1.86 bits per heavy atom. The summed E-state index contributed by atoms with van der Waals surface area (Å²) in [6.07, 6.45) is 5.13. The Balaban J connectivity index is 2.68. The highest BCUT2D eigenvalue weighted by molar-refractivity contribution is 5.93. The zero-order valence-corrected chi connectivity index (χ0v) is 8.79. The average molecular weight is 188 g/mol. The van der Waals surface area contributed by atoms with Gasteiger partial charge in [0.15, 0.2) is 5.78 Å². The van der Waals surface area contributed by atoms with Crippen LogP contribution in [0.4, 0.5) is 0 Å². The van der Waals surface area contributed by atoms with Crippen LogP contribution >= 0.6 is 0 Å². The van der Waals surface area contributed by atoms with E-state index in [9.17, 15) is 4.79 Å². The lowest BCUT2D eigenvalue weighted by atomic mass is 10.1. The molecule has 1 nitrogen and oxygen atoms in total. The molecule has 0 aliphatic rings. The first kappa shape index (κ1) is 10.7. The molecule has 14 heavy (non-hydrogen) atoms. The van der Waals surface area contributed by atoms with Gasteiger partial charge in [-0.15, -0.1) is 0 Å². The highest BCUT2D eigenvalue weighted by Gasteiger charge is 1.91. The second kappa shape index (κ2) is 5.38. The molecule has 0 saturated heterocycles. The molecular weight excluding hydrogens is 172 g/mol. The number of rotatable bonds is 4. The van der Waals surface area contributed by atoms with Crippen molar-refractivity contribution in [1.29, 1.82) is 0 Å². The summed E-state index contributed by atoms with van der Waals surface area (Å²) in [6, 6.07) is 8.27. The molecule has 0 aromatic heterocycles. The second-order valence-corrected chi connectivity index (χ2v) is 3.25. The van der Waals surface area contributed by atoms with Crippen molar-refractivity contribution in [2.75, 3.05) is 0 Å². The monoisotopic (exact) mass is 188 g/mol.